The molecule has 0 amide bonds. The van der Waals surface area contributed by atoms with Crippen LogP contribution in [-0.4, -0.2) is 19.0 Å². The first-order valence-electron chi connectivity index (χ1n) is 6.84. The van der Waals surface area contributed by atoms with Crippen molar-refractivity contribution < 1.29 is 4.74 Å². The van der Waals surface area contributed by atoms with Crippen molar-refractivity contribution in [2.24, 2.45) is 10.4 Å². The third-order valence-electron chi connectivity index (χ3n) is 3.32. The van der Waals surface area contributed by atoms with Crippen molar-refractivity contribution >= 4 is 5.90 Å². The molecule has 0 radical (unpaired) electrons. The van der Waals surface area contributed by atoms with Crippen LogP contribution < -0.4 is 0 Å². The van der Waals surface area contributed by atoms with E-state index >= 15 is 0 Å². The monoisotopic (exact) mass is 225 g/mol. The first-order chi connectivity index (χ1) is 7.67. The normalized spacial score (nSPS) is 16.1. The molecule has 0 atom stereocenters. The van der Waals surface area contributed by atoms with Crippen LogP contribution in [0.25, 0.3) is 0 Å². The molecule has 0 unspecified atom stereocenters. The molecule has 0 bridgehead atoms. The second kappa shape index (κ2) is 6.93. The van der Waals surface area contributed by atoms with Gasteiger partial charge in [-0.25, -0.2) is 0 Å². The zero-order chi connectivity index (χ0) is 11.9. The van der Waals surface area contributed by atoms with E-state index in [1.54, 1.807) is 0 Å². The van der Waals surface area contributed by atoms with Crippen molar-refractivity contribution in [3.05, 3.63) is 0 Å². The number of nitrogens with zero attached hydrogens (tertiary/aromatic N) is 1. The topological polar surface area (TPSA) is 21.6 Å². The van der Waals surface area contributed by atoms with Crippen molar-refractivity contribution in [1.29, 1.82) is 0 Å². The molecule has 16 heavy (non-hydrogen) atoms. The van der Waals surface area contributed by atoms with Gasteiger partial charge in [-0.2, -0.15) is 0 Å². The molecule has 0 saturated heterocycles. The van der Waals surface area contributed by atoms with E-state index in [1.807, 2.05) is 0 Å². The van der Waals surface area contributed by atoms with Gasteiger partial charge in [0.15, 0.2) is 5.90 Å². The highest BCUT2D eigenvalue weighted by Gasteiger charge is 2.28. The summed E-state index contributed by atoms with van der Waals surface area (Å²) in [5.74, 6) is 0.987. The van der Waals surface area contributed by atoms with Crippen molar-refractivity contribution in [1.82, 2.24) is 0 Å². The predicted octanol–water partition coefficient (Wildman–Crippen LogP) is 4.19. The maximum atomic E-state index is 5.56. The smallest absolute Gasteiger partial charge is 0.189 e. The lowest BCUT2D eigenvalue weighted by Crippen LogP contribution is -2.24. The van der Waals surface area contributed by atoms with E-state index in [2.05, 4.69) is 25.8 Å². The van der Waals surface area contributed by atoms with Crippen LogP contribution in [0.2, 0.25) is 0 Å². The van der Waals surface area contributed by atoms with Gasteiger partial charge in [0.2, 0.25) is 0 Å². The summed E-state index contributed by atoms with van der Waals surface area (Å²) in [6.07, 6.45) is 9.37. The largest absolute Gasteiger partial charge is 0.479 e. The highest BCUT2D eigenvalue weighted by Crippen LogP contribution is 2.28. The molecule has 0 aromatic heterocycles. The Morgan fingerprint density at radius 1 is 1.12 bits per heavy atom. The van der Waals surface area contributed by atoms with Gasteiger partial charge in [0.1, 0.15) is 6.61 Å². The average molecular weight is 225 g/mol. The first kappa shape index (κ1) is 13.5. The van der Waals surface area contributed by atoms with Gasteiger partial charge in [-0.3, -0.25) is 4.99 Å². The minimum Gasteiger partial charge on any atom is -0.479 e. The quantitative estimate of drug-likeness (QED) is 0.567. The van der Waals surface area contributed by atoms with Gasteiger partial charge in [-0.1, -0.05) is 59.3 Å². The molecule has 0 aromatic carbocycles. The van der Waals surface area contributed by atoms with E-state index in [0.29, 0.717) is 0 Å². The fraction of sp³-hybridized carbons (Fsp3) is 0.929. The Morgan fingerprint density at radius 2 is 1.81 bits per heavy atom. The zero-order valence-corrected chi connectivity index (χ0v) is 11.2. The summed E-state index contributed by atoms with van der Waals surface area (Å²) in [6.45, 7) is 8.41. The summed E-state index contributed by atoms with van der Waals surface area (Å²) in [5.41, 5.74) is 0.154. The Balaban J connectivity index is 2.11. The second-order valence-electron chi connectivity index (χ2n) is 5.44. The molecule has 0 aromatic rings. The molecule has 0 aliphatic carbocycles. The highest BCUT2D eigenvalue weighted by molar-refractivity contribution is 5.82. The van der Waals surface area contributed by atoms with Crippen LogP contribution in [0.3, 0.4) is 0 Å². The highest BCUT2D eigenvalue weighted by atomic mass is 16.5. The van der Waals surface area contributed by atoms with Gasteiger partial charge in [0, 0.05) is 5.41 Å². The lowest BCUT2D eigenvalue weighted by Gasteiger charge is -2.23. The van der Waals surface area contributed by atoms with Crippen LogP contribution in [0, 0.1) is 5.41 Å². The minimum absolute atomic E-state index is 0.154. The summed E-state index contributed by atoms with van der Waals surface area (Å²) < 4.78 is 5.56. The van der Waals surface area contributed by atoms with Crippen LogP contribution >= 0.6 is 0 Å². The molecule has 1 heterocycles. The molecule has 0 saturated carbocycles. The van der Waals surface area contributed by atoms with E-state index in [0.717, 1.165) is 19.0 Å². The van der Waals surface area contributed by atoms with Crippen LogP contribution in [-0.2, 0) is 4.74 Å². The summed E-state index contributed by atoms with van der Waals surface area (Å²) in [5, 5.41) is 0. The Bertz CT molecular complexity index is 221. The van der Waals surface area contributed by atoms with Crippen LogP contribution in [0.5, 0.6) is 0 Å². The molecule has 1 aliphatic rings. The maximum Gasteiger partial charge on any atom is 0.189 e. The lowest BCUT2D eigenvalue weighted by molar-refractivity contribution is 0.282. The summed E-state index contributed by atoms with van der Waals surface area (Å²) >= 11 is 0. The second-order valence-corrected chi connectivity index (χ2v) is 5.44. The molecular formula is C14H27NO. The fourth-order valence-corrected chi connectivity index (χ4v) is 2.20. The van der Waals surface area contributed by atoms with Gasteiger partial charge in [-0.05, 0) is 6.42 Å². The van der Waals surface area contributed by atoms with Gasteiger partial charge < -0.3 is 4.74 Å². The molecule has 1 aliphatic heterocycles. The zero-order valence-electron chi connectivity index (χ0n) is 11.2. The third kappa shape index (κ3) is 4.54. The molecule has 0 spiro atoms. The predicted molar refractivity (Wildman–Crippen MR) is 70.0 cm³/mol. The Labute approximate surface area is 100 Å². The van der Waals surface area contributed by atoms with Gasteiger partial charge >= 0.3 is 0 Å². The fourth-order valence-electron chi connectivity index (χ4n) is 2.20. The van der Waals surface area contributed by atoms with E-state index in [9.17, 15) is 0 Å². The number of hydrogen-bond acceptors (Lipinski definition) is 2. The van der Waals surface area contributed by atoms with Crippen LogP contribution in [0.15, 0.2) is 4.99 Å². The van der Waals surface area contributed by atoms with Gasteiger partial charge in [0.25, 0.3) is 0 Å². The molecule has 2 heteroatoms. The first-order valence-corrected chi connectivity index (χ1v) is 6.84. The van der Waals surface area contributed by atoms with Gasteiger partial charge in [0.05, 0.1) is 6.54 Å². The van der Waals surface area contributed by atoms with E-state index < -0.39 is 0 Å². The molecule has 1 rings (SSSR count). The molecule has 0 fully saturated rings. The van der Waals surface area contributed by atoms with E-state index in [1.165, 1.54) is 44.9 Å². The SMILES string of the molecule is CCCCCCCCC(C)(C)C1=NCCO1. The number of rotatable bonds is 8. The van der Waals surface area contributed by atoms with Crippen LogP contribution in [0.4, 0.5) is 0 Å². The number of ether oxygens (including phenoxy) is 1. The van der Waals surface area contributed by atoms with Crippen molar-refractivity contribution in [2.45, 2.75) is 65.7 Å². The van der Waals surface area contributed by atoms with E-state index in [4.69, 9.17) is 4.74 Å². The molecule has 0 N–H and O–H groups in total. The lowest BCUT2D eigenvalue weighted by atomic mass is 9.86. The van der Waals surface area contributed by atoms with Gasteiger partial charge in [-0.15, -0.1) is 0 Å². The summed E-state index contributed by atoms with van der Waals surface area (Å²) in [4.78, 5) is 4.43. The Kier molecular flexibility index (Phi) is 5.86. The van der Waals surface area contributed by atoms with Crippen molar-refractivity contribution in [2.75, 3.05) is 13.2 Å². The molecule has 2 nitrogen and oxygen atoms in total. The number of hydrogen-bond donors (Lipinski definition) is 0. The van der Waals surface area contributed by atoms with Crippen molar-refractivity contribution in [3.63, 3.8) is 0 Å². The Hall–Kier alpha value is -0.530. The average Bonchev–Trinajstić information content (AvgIpc) is 2.77. The molecule has 94 valence electrons. The van der Waals surface area contributed by atoms with E-state index in [-0.39, 0.29) is 5.41 Å². The Morgan fingerprint density at radius 3 is 2.44 bits per heavy atom. The standard InChI is InChI=1S/C14H27NO/c1-4-5-6-7-8-9-10-14(2,3)13-15-11-12-16-13/h4-12H2,1-3H3. The summed E-state index contributed by atoms with van der Waals surface area (Å²) in [6, 6.07) is 0. The van der Waals surface area contributed by atoms with Crippen molar-refractivity contribution in [3.8, 4) is 0 Å². The molecular weight excluding hydrogens is 198 g/mol. The minimum atomic E-state index is 0.154. The maximum absolute atomic E-state index is 5.56. The number of aliphatic imine (C=N–C) groups is 1. The third-order valence-corrected chi connectivity index (χ3v) is 3.32. The summed E-state index contributed by atoms with van der Waals surface area (Å²) in [7, 11) is 0. The van der Waals surface area contributed by atoms with Crippen LogP contribution in [0.1, 0.15) is 65.7 Å². The number of unbranched alkanes of at least 4 members (excludes halogenated alkanes) is 5.